The summed E-state index contributed by atoms with van der Waals surface area (Å²) in [6, 6.07) is 17.0. The Morgan fingerprint density at radius 1 is 0.950 bits per heavy atom. The summed E-state index contributed by atoms with van der Waals surface area (Å²) in [5.74, 6) is 0.789. The van der Waals surface area contributed by atoms with Crippen LogP contribution in [0.3, 0.4) is 0 Å². The third-order valence-corrected chi connectivity index (χ3v) is 4.53. The lowest BCUT2D eigenvalue weighted by molar-refractivity contribution is 0.0970. The fraction of sp³-hybridized carbons (Fsp3) is 0.211. The number of carbonyl (C=O) groups is 1. The van der Waals surface area contributed by atoms with Crippen molar-refractivity contribution >= 4 is 27.3 Å². The van der Waals surface area contributed by atoms with Crippen LogP contribution in [-0.2, 0) is 0 Å². The van der Waals surface area contributed by atoms with Gasteiger partial charge in [0.05, 0.1) is 0 Å². The molecule has 1 unspecified atom stereocenters. The highest BCUT2D eigenvalue weighted by Gasteiger charge is 2.24. The number of fused-ring (bicyclic) bond motifs is 4. The number of carbonyl (C=O) groups excluding carboxylic acids is 1. The number of Topliss-reactive ketones (excluding diaryl/α,β-unsaturated/α-hetero) is 1. The third-order valence-electron chi connectivity index (χ3n) is 4.53. The Morgan fingerprint density at radius 3 is 2.50 bits per heavy atom. The number of benzene rings is 3. The van der Waals surface area contributed by atoms with Gasteiger partial charge in [-0.1, -0.05) is 43.3 Å². The van der Waals surface area contributed by atoms with Gasteiger partial charge in [-0.2, -0.15) is 0 Å². The van der Waals surface area contributed by atoms with Gasteiger partial charge in [-0.15, -0.1) is 0 Å². The monoisotopic (exact) mass is 260 g/mol. The van der Waals surface area contributed by atoms with Crippen LogP contribution in [0.25, 0.3) is 21.5 Å². The summed E-state index contributed by atoms with van der Waals surface area (Å²) < 4.78 is 0. The van der Waals surface area contributed by atoms with Crippen molar-refractivity contribution in [1.82, 2.24) is 0 Å². The second-order valence-corrected chi connectivity index (χ2v) is 5.81. The molecule has 0 heterocycles. The molecular weight excluding hydrogens is 244 g/mol. The number of hydrogen-bond donors (Lipinski definition) is 0. The largest absolute Gasteiger partial charge is 0.294 e. The number of hydrogen-bond acceptors (Lipinski definition) is 1. The van der Waals surface area contributed by atoms with Crippen LogP contribution in [0.15, 0.2) is 48.5 Å². The van der Waals surface area contributed by atoms with E-state index in [0.717, 1.165) is 17.4 Å². The second kappa shape index (κ2) is 4.17. The first-order valence-corrected chi connectivity index (χ1v) is 7.22. The van der Waals surface area contributed by atoms with Crippen molar-refractivity contribution in [2.24, 2.45) is 0 Å². The summed E-state index contributed by atoms with van der Waals surface area (Å²) in [7, 11) is 0. The maximum absolute atomic E-state index is 12.4. The van der Waals surface area contributed by atoms with Crippen LogP contribution in [0.2, 0.25) is 0 Å². The Morgan fingerprint density at radius 2 is 1.70 bits per heavy atom. The summed E-state index contributed by atoms with van der Waals surface area (Å²) in [6.45, 7) is 2.22. The van der Waals surface area contributed by atoms with Gasteiger partial charge in [0.2, 0.25) is 0 Å². The highest BCUT2D eigenvalue weighted by Crippen LogP contribution is 2.36. The van der Waals surface area contributed by atoms with E-state index >= 15 is 0 Å². The van der Waals surface area contributed by atoms with E-state index in [-0.39, 0.29) is 0 Å². The van der Waals surface area contributed by atoms with Gasteiger partial charge in [0.15, 0.2) is 5.78 Å². The Kier molecular flexibility index (Phi) is 2.43. The van der Waals surface area contributed by atoms with Gasteiger partial charge in [0.25, 0.3) is 0 Å². The molecule has 0 radical (unpaired) electrons. The summed E-state index contributed by atoms with van der Waals surface area (Å²) in [6.07, 6.45) is 1.66. The zero-order valence-electron chi connectivity index (χ0n) is 11.5. The van der Waals surface area contributed by atoms with E-state index in [4.69, 9.17) is 0 Å². The zero-order valence-corrected chi connectivity index (χ0v) is 11.5. The number of rotatable bonds is 0. The molecule has 20 heavy (non-hydrogen) atoms. The Labute approximate surface area is 118 Å². The van der Waals surface area contributed by atoms with E-state index in [9.17, 15) is 4.79 Å². The SMILES string of the molecule is CC1CCC(=O)c2c1ccc1cc3ccccc3cc21. The molecule has 3 aromatic rings. The smallest absolute Gasteiger partial charge is 0.163 e. The van der Waals surface area contributed by atoms with Crippen LogP contribution in [0, 0.1) is 0 Å². The van der Waals surface area contributed by atoms with Crippen molar-refractivity contribution in [2.75, 3.05) is 0 Å². The van der Waals surface area contributed by atoms with Crippen LogP contribution in [-0.4, -0.2) is 5.78 Å². The van der Waals surface area contributed by atoms with Gasteiger partial charge in [-0.05, 0) is 51.6 Å². The van der Waals surface area contributed by atoms with Crippen molar-refractivity contribution in [1.29, 1.82) is 0 Å². The van der Waals surface area contributed by atoms with Crippen LogP contribution in [0.5, 0.6) is 0 Å². The minimum absolute atomic E-state index is 0.305. The molecule has 0 aliphatic heterocycles. The van der Waals surface area contributed by atoms with Gasteiger partial charge < -0.3 is 0 Å². The van der Waals surface area contributed by atoms with E-state index < -0.39 is 0 Å². The van der Waals surface area contributed by atoms with Gasteiger partial charge >= 0.3 is 0 Å². The lowest BCUT2D eigenvalue weighted by Gasteiger charge is -2.23. The predicted molar refractivity (Wildman–Crippen MR) is 83.4 cm³/mol. The van der Waals surface area contributed by atoms with Crippen molar-refractivity contribution < 1.29 is 4.79 Å². The number of ketones is 1. The molecule has 98 valence electrons. The molecule has 0 spiro atoms. The van der Waals surface area contributed by atoms with Crippen molar-refractivity contribution in [3.63, 3.8) is 0 Å². The average molecular weight is 260 g/mol. The van der Waals surface area contributed by atoms with Crippen LogP contribution in [0.4, 0.5) is 0 Å². The van der Waals surface area contributed by atoms with Crippen LogP contribution >= 0.6 is 0 Å². The molecule has 1 nitrogen and oxygen atoms in total. The normalized spacial score (nSPS) is 18.4. The van der Waals surface area contributed by atoms with E-state index in [1.807, 2.05) is 6.07 Å². The molecule has 0 N–H and O–H groups in total. The molecule has 1 aliphatic carbocycles. The van der Waals surface area contributed by atoms with E-state index in [0.29, 0.717) is 18.1 Å². The van der Waals surface area contributed by atoms with Gasteiger partial charge in [0, 0.05) is 12.0 Å². The second-order valence-electron chi connectivity index (χ2n) is 5.81. The highest BCUT2D eigenvalue weighted by molar-refractivity contribution is 6.13. The molecule has 4 rings (SSSR count). The molecule has 3 aromatic carbocycles. The predicted octanol–water partition coefficient (Wildman–Crippen LogP) is 5.07. The van der Waals surface area contributed by atoms with E-state index in [2.05, 4.69) is 49.4 Å². The Hall–Kier alpha value is -2.15. The average Bonchev–Trinajstić information content (AvgIpc) is 2.48. The first-order chi connectivity index (χ1) is 9.74. The highest BCUT2D eigenvalue weighted by atomic mass is 16.1. The molecule has 1 atom stereocenters. The van der Waals surface area contributed by atoms with Gasteiger partial charge in [0.1, 0.15) is 0 Å². The van der Waals surface area contributed by atoms with Crippen LogP contribution in [0.1, 0.15) is 41.6 Å². The van der Waals surface area contributed by atoms with Gasteiger partial charge in [-0.25, -0.2) is 0 Å². The zero-order chi connectivity index (χ0) is 13.7. The van der Waals surface area contributed by atoms with Crippen molar-refractivity contribution in [3.05, 3.63) is 59.7 Å². The van der Waals surface area contributed by atoms with Crippen molar-refractivity contribution in [3.8, 4) is 0 Å². The summed E-state index contributed by atoms with van der Waals surface area (Å²) in [5.41, 5.74) is 2.19. The van der Waals surface area contributed by atoms with Gasteiger partial charge in [-0.3, -0.25) is 4.79 Å². The van der Waals surface area contributed by atoms with E-state index in [1.165, 1.54) is 21.7 Å². The fourth-order valence-electron chi connectivity index (χ4n) is 3.38. The first-order valence-electron chi connectivity index (χ1n) is 7.22. The van der Waals surface area contributed by atoms with Crippen molar-refractivity contribution in [2.45, 2.75) is 25.7 Å². The minimum Gasteiger partial charge on any atom is -0.294 e. The molecule has 0 saturated carbocycles. The quantitative estimate of drug-likeness (QED) is 0.515. The van der Waals surface area contributed by atoms with Crippen LogP contribution < -0.4 is 0 Å². The summed E-state index contributed by atoms with van der Waals surface area (Å²) >= 11 is 0. The topological polar surface area (TPSA) is 17.1 Å². The standard InChI is InChI=1S/C19H16O/c1-12-6-9-18(20)19-16(12)8-7-15-10-13-4-2-3-5-14(13)11-17(15)19/h2-5,7-8,10-12H,6,9H2,1H3. The Bertz CT molecular complexity index is 845. The molecule has 0 bridgehead atoms. The Balaban J connectivity index is 2.14. The molecule has 1 aliphatic rings. The lowest BCUT2D eigenvalue weighted by atomic mass is 9.80. The minimum atomic E-state index is 0.305. The molecular formula is C19H16O. The maximum Gasteiger partial charge on any atom is 0.163 e. The lowest BCUT2D eigenvalue weighted by Crippen LogP contribution is -2.14. The summed E-state index contributed by atoms with van der Waals surface area (Å²) in [4.78, 5) is 12.4. The van der Waals surface area contributed by atoms with E-state index in [1.54, 1.807) is 0 Å². The fourth-order valence-corrected chi connectivity index (χ4v) is 3.38. The molecule has 1 heteroatoms. The first kappa shape index (κ1) is 11.7. The third kappa shape index (κ3) is 1.59. The molecule has 0 fully saturated rings. The molecule has 0 amide bonds. The maximum atomic E-state index is 12.4. The molecule has 0 aromatic heterocycles. The molecule has 0 saturated heterocycles. The summed E-state index contributed by atoms with van der Waals surface area (Å²) in [5, 5.41) is 4.73.